The molecule has 0 spiro atoms. The van der Waals surface area contributed by atoms with Gasteiger partial charge in [-0.15, -0.1) is 0 Å². The van der Waals surface area contributed by atoms with Crippen LogP contribution in [-0.2, 0) is 18.4 Å². The monoisotopic (exact) mass is 126 g/mol. The molecule has 0 saturated carbocycles. The van der Waals surface area contributed by atoms with Crippen LogP contribution in [0.4, 0.5) is 0 Å². The van der Waals surface area contributed by atoms with Crippen LogP contribution >= 0.6 is 0 Å². The van der Waals surface area contributed by atoms with Crippen LogP contribution in [0.25, 0.3) is 0 Å². The third kappa shape index (κ3) is 1.50. The number of nitrogens with zero attached hydrogens (tertiary/aromatic N) is 3. The first kappa shape index (κ1) is 6.22. The van der Waals surface area contributed by atoms with Gasteiger partial charge in [-0.3, -0.25) is 4.68 Å². The number of aryl methyl sites for hydroxylation is 1. The van der Waals surface area contributed by atoms with E-state index in [0.29, 0.717) is 12.4 Å². The van der Waals surface area contributed by atoms with Crippen LogP contribution in [-0.4, -0.2) is 14.8 Å². The molecule has 0 bridgehead atoms. The average Bonchev–Trinajstić information content (AvgIpc) is 2.17. The van der Waals surface area contributed by atoms with Gasteiger partial charge in [0.05, 0.1) is 7.11 Å². The molecule has 1 radical (unpaired) electrons. The third-order valence-electron chi connectivity index (χ3n) is 0.878. The number of rotatable bonds is 2. The first-order chi connectivity index (χ1) is 4.33. The lowest BCUT2D eigenvalue weighted by Crippen LogP contribution is -1.92. The van der Waals surface area contributed by atoms with Crippen molar-refractivity contribution in [2.45, 2.75) is 6.61 Å². The topological polar surface area (TPSA) is 39.9 Å². The Kier molecular flexibility index (Phi) is 1.79. The summed E-state index contributed by atoms with van der Waals surface area (Å²) < 4.78 is 6.17. The molecule has 0 N–H and O–H groups in total. The zero-order valence-corrected chi connectivity index (χ0v) is 5.24. The summed E-state index contributed by atoms with van der Waals surface area (Å²) in [5, 5.41) is 3.94. The molecule has 0 aliphatic rings. The zero-order valence-electron chi connectivity index (χ0n) is 5.24. The summed E-state index contributed by atoms with van der Waals surface area (Å²) in [5.74, 6) is 0.660. The van der Waals surface area contributed by atoms with E-state index in [2.05, 4.69) is 21.9 Å². The van der Waals surface area contributed by atoms with Gasteiger partial charge in [0.15, 0.2) is 5.82 Å². The molecule has 1 aromatic heterocycles. The van der Waals surface area contributed by atoms with Crippen LogP contribution in [0.15, 0.2) is 6.33 Å². The molecule has 0 aliphatic carbocycles. The molecule has 0 aliphatic heterocycles. The number of ether oxygens (including phenoxy) is 1. The zero-order chi connectivity index (χ0) is 6.69. The number of aromatic nitrogens is 3. The lowest BCUT2D eigenvalue weighted by Gasteiger charge is -1.87. The van der Waals surface area contributed by atoms with E-state index in [9.17, 15) is 0 Å². The van der Waals surface area contributed by atoms with E-state index < -0.39 is 0 Å². The maximum Gasteiger partial charge on any atom is 0.176 e. The van der Waals surface area contributed by atoms with E-state index in [4.69, 9.17) is 0 Å². The summed E-state index contributed by atoms with van der Waals surface area (Å²) in [6.07, 6.45) is 1.62. The van der Waals surface area contributed by atoms with Crippen LogP contribution < -0.4 is 0 Å². The highest BCUT2D eigenvalue weighted by molar-refractivity contribution is 4.76. The normalized spacial score (nSPS) is 10.0. The Labute approximate surface area is 53.5 Å². The van der Waals surface area contributed by atoms with E-state index in [-0.39, 0.29) is 0 Å². The molecule has 0 saturated heterocycles. The van der Waals surface area contributed by atoms with Crippen LogP contribution in [0, 0.1) is 7.11 Å². The van der Waals surface area contributed by atoms with Crippen molar-refractivity contribution in [2.24, 2.45) is 7.05 Å². The molecule has 49 valence electrons. The molecule has 0 unspecified atom stereocenters. The maximum atomic E-state index is 4.55. The first-order valence-electron chi connectivity index (χ1n) is 2.54. The molecular weight excluding hydrogens is 118 g/mol. The van der Waals surface area contributed by atoms with Crippen LogP contribution in [0.1, 0.15) is 5.82 Å². The molecule has 1 aromatic rings. The van der Waals surface area contributed by atoms with Crippen LogP contribution in [0.2, 0.25) is 0 Å². The molecule has 4 heteroatoms. The fourth-order valence-corrected chi connectivity index (χ4v) is 0.541. The summed E-state index contributed by atoms with van der Waals surface area (Å²) in [6.45, 7) is 0.376. The van der Waals surface area contributed by atoms with Gasteiger partial charge in [-0.2, -0.15) is 5.10 Å². The van der Waals surface area contributed by atoms with Crippen molar-refractivity contribution in [3.05, 3.63) is 19.3 Å². The number of hydrogen-bond donors (Lipinski definition) is 0. The highest BCUT2D eigenvalue weighted by Crippen LogP contribution is 1.88. The second-order valence-corrected chi connectivity index (χ2v) is 1.68. The van der Waals surface area contributed by atoms with E-state index in [1.807, 2.05) is 0 Å². The van der Waals surface area contributed by atoms with E-state index in [1.165, 1.54) is 0 Å². The standard InChI is InChI=1S/C5H8N3O/c1-8-4-6-5(7-8)3-9-2/h4H,2-3H2,1H3. The van der Waals surface area contributed by atoms with Gasteiger partial charge in [0.25, 0.3) is 0 Å². The molecule has 4 nitrogen and oxygen atoms in total. The minimum Gasteiger partial charge on any atom is -0.371 e. The van der Waals surface area contributed by atoms with E-state index in [1.54, 1.807) is 18.1 Å². The summed E-state index contributed by atoms with van der Waals surface area (Å²) in [6, 6.07) is 0. The van der Waals surface area contributed by atoms with Crippen LogP contribution in [0.5, 0.6) is 0 Å². The summed E-state index contributed by atoms with van der Waals surface area (Å²) in [4.78, 5) is 3.89. The van der Waals surface area contributed by atoms with Gasteiger partial charge in [0.1, 0.15) is 12.9 Å². The van der Waals surface area contributed by atoms with Gasteiger partial charge in [0, 0.05) is 7.05 Å². The average molecular weight is 126 g/mol. The summed E-state index contributed by atoms with van der Waals surface area (Å²) in [5.41, 5.74) is 0. The van der Waals surface area contributed by atoms with Crippen molar-refractivity contribution in [1.82, 2.24) is 14.8 Å². The van der Waals surface area contributed by atoms with Gasteiger partial charge in [-0.1, -0.05) is 0 Å². The molecular formula is C5H8N3O. The highest BCUT2D eigenvalue weighted by Gasteiger charge is 1.94. The molecule has 1 rings (SSSR count). The van der Waals surface area contributed by atoms with E-state index >= 15 is 0 Å². The molecule has 0 atom stereocenters. The Morgan fingerprint density at radius 1 is 1.89 bits per heavy atom. The Bertz CT molecular complexity index is 184. The lowest BCUT2D eigenvalue weighted by atomic mass is 10.7. The minimum atomic E-state index is 0.376. The van der Waals surface area contributed by atoms with Crippen molar-refractivity contribution in [3.8, 4) is 0 Å². The summed E-state index contributed by atoms with van der Waals surface area (Å²) in [7, 11) is 5.01. The van der Waals surface area contributed by atoms with E-state index in [0.717, 1.165) is 0 Å². The van der Waals surface area contributed by atoms with Crippen LogP contribution in [0.3, 0.4) is 0 Å². The Morgan fingerprint density at radius 3 is 3.11 bits per heavy atom. The predicted molar refractivity (Wildman–Crippen MR) is 31.1 cm³/mol. The van der Waals surface area contributed by atoms with Crippen molar-refractivity contribution in [2.75, 3.05) is 0 Å². The quantitative estimate of drug-likeness (QED) is 0.565. The van der Waals surface area contributed by atoms with Gasteiger partial charge >= 0.3 is 0 Å². The second-order valence-electron chi connectivity index (χ2n) is 1.68. The largest absolute Gasteiger partial charge is 0.371 e. The first-order valence-corrected chi connectivity index (χ1v) is 2.54. The van der Waals surface area contributed by atoms with Crippen molar-refractivity contribution in [3.63, 3.8) is 0 Å². The molecule has 0 fully saturated rings. The fourth-order valence-electron chi connectivity index (χ4n) is 0.541. The van der Waals surface area contributed by atoms with Gasteiger partial charge in [0.2, 0.25) is 0 Å². The fraction of sp³-hybridized carbons (Fsp3) is 0.400. The molecule has 0 aromatic carbocycles. The summed E-state index contributed by atoms with van der Waals surface area (Å²) >= 11 is 0. The maximum absolute atomic E-state index is 4.55. The van der Waals surface area contributed by atoms with Gasteiger partial charge < -0.3 is 4.74 Å². The lowest BCUT2D eigenvalue weighted by molar-refractivity contribution is 0.220. The van der Waals surface area contributed by atoms with Crippen molar-refractivity contribution >= 4 is 0 Å². The SMILES string of the molecule is [CH2]OCc1ncn(C)n1. The third-order valence-corrected chi connectivity index (χ3v) is 0.878. The van der Waals surface area contributed by atoms with Gasteiger partial charge in [-0.25, -0.2) is 4.98 Å². The Balaban J connectivity index is 2.61. The molecule has 0 amide bonds. The predicted octanol–water partition coefficient (Wildman–Crippen LogP) is 0.123. The number of hydrogen-bond acceptors (Lipinski definition) is 3. The minimum absolute atomic E-state index is 0.376. The highest BCUT2D eigenvalue weighted by atomic mass is 16.5. The smallest absolute Gasteiger partial charge is 0.176 e. The molecule has 9 heavy (non-hydrogen) atoms. The Hall–Kier alpha value is -0.900. The Morgan fingerprint density at radius 2 is 2.67 bits per heavy atom. The second kappa shape index (κ2) is 2.59. The molecule has 1 heterocycles. The van der Waals surface area contributed by atoms with Crippen molar-refractivity contribution in [1.29, 1.82) is 0 Å². The van der Waals surface area contributed by atoms with Crippen molar-refractivity contribution < 1.29 is 4.74 Å². The van der Waals surface area contributed by atoms with Gasteiger partial charge in [-0.05, 0) is 0 Å².